The van der Waals surface area contributed by atoms with Crippen molar-refractivity contribution in [2.24, 2.45) is 17.3 Å². The molecule has 1 aromatic carbocycles. The molecule has 0 amide bonds. The van der Waals surface area contributed by atoms with E-state index in [0.717, 1.165) is 58.0 Å². The van der Waals surface area contributed by atoms with Crippen LogP contribution in [-0.2, 0) is 20.7 Å². The molecule has 0 spiro atoms. The maximum absolute atomic E-state index is 11.3. The molecule has 1 N–H and O–H groups in total. The van der Waals surface area contributed by atoms with Crippen LogP contribution in [0.1, 0.15) is 76.7 Å². The fraction of sp³-hybridized carbons (Fsp3) is 0.633. The number of benzene rings is 1. The first-order valence-electron chi connectivity index (χ1n) is 13.3. The average Bonchev–Trinajstić information content (AvgIpc) is 3.41. The molecule has 3 rings (SSSR count). The maximum atomic E-state index is 11.3. The molecule has 1 saturated heterocycles. The Bertz CT molecular complexity index is 786. The second-order valence-corrected chi connectivity index (χ2v) is 10.2. The van der Waals surface area contributed by atoms with Gasteiger partial charge in [-0.3, -0.25) is 4.79 Å². The van der Waals surface area contributed by atoms with Gasteiger partial charge in [-0.15, -0.1) is 0 Å². The number of carbonyl (C=O) groups excluding carboxylic acids is 1. The highest BCUT2D eigenvalue weighted by Crippen LogP contribution is 2.58. The standard InChI is InChI=1S/C30H44O4/c1-3-4-8-15-25(31)18-19-26-27(16-11-5-6-12-17-29(32)33-2)30(22-28(26)34-23-30)21-20-24-13-9-7-10-14-24/h5,7,9-11,13-14,18-19,25-28,31H,3-4,6,8,12,15-17,20-23H2,1-2H3/b11-5-,19-18?. The second kappa shape index (κ2) is 13.8. The lowest BCUT2D eigenvalue weighted by atomic mass is 9.70. The highest BCUT2D eigenvalue weighted by molar-refractivity contribution is 5.69. The zero-order chi connectivity index (χ0) is 24.2. The third-order valence-electron chi connectivity index (χ3n) is 7.82. The minimum absolute atomic E-state index is 0.138. The molecule has 2 fully saturated rings. The van der Waals surface area contributed by atoms with E-state index in [-0.39, 0.29) is 23.6 Å². The Labute approximate surface area is 206 Å². The van der Waals surface area contributed by atoms with Gasteiger partial charge in [0.15, 0.2) is 0 Å². The summed E-state index contributed by atoms with van der Waals surface area (Å²) in [5.74, 6) is 0.734. The van der Waals surface area contributed by atoms with Crippen molar-refractivity contribution < 1.29 is 19.4 Å². The van der Waals surface area contributed by atoms with E-state index < -0.39 is 0 Å². The smallest absolute Gasteiger partial charge is 0.305 e. The number of carbonyl (C=O) groups is 1. The summed E-state index contributed by atoms with van der Waals surface area (Å²) in [4.78, 5) is 11.3. The number of hydrogen-bond donors (Lipinski definition) is 1. The number of allylic oxidation sites excluding steroid dienone is 2. The van der Waals surface area contributed by atoms with Crippen LogP contribution in [0.2, 0.25) is 0 Å². The van der Waals surface area contributed by atoms with Crippen molar-refractivity contribution in [1.82, 2.24) is 0 Å². The summed E-state index contributed by atoms with van der Waals surface area (Å²) < 4.78 is 11.0. The molecule has 2 aliphatic rings. The number of methoxy groups -OCH3 is 1. The third-order valence-corrected chi connectivity index (χ3v) is 7.82. The van der Waals surface area contributed by atoms with Crippen molar-refractivity contribution in [3.8, 4) is 0 Å². The van der Waals surface area contributed by atoms with Crippen LogP contribution in [0, 0.1) is 17.3 Å². The number of aliphatic hydroxyl groups is 1. The number of hydrogen-bond acceptors (Lipinski definition) is 4. The first-order valence-corrected chi connectivity index (χ1v) is 13.3. The normalized spacial score (nSPS) is 27.1. The maximum Gasteiger partial charge on any atom is 0.305 e. The SMILES string of the molecule is CCCCCC(O)C=CC1C2CC(CCc3ccccc3)(CO2)C1C/C=C\CCCC(=O)OC. The molecular formula is C30H44O4. The lowest BCUT2D eigenvalue weighted by Crippen LogP contribution is -2.36. The van der Waals surface area contributed by atoms with Gasteiger partial charge in [-0.1, -0.05) is 80.8 Å². The van der Waals surface area contributed by atoms with Crippen molar-refractivity contribution in [2.75, 3.05) is 13.7 Å². The number of aryl methyl sites for hydroxylation is 1. The first-order chi connectivity index (χ1) is 16.6. The summed E-state index contributed by atoms with van der Waals surface area (Å²) in [5.41, 5.74) is 1.58. The van der Waals surface area contributed by atoms with E-state index in [1.165, 1.54) is 25.5 Å². The quantitative estimate of drug-likeness (QED) is 0.183. The van der Waals surface area contributed by atoms with Crippen molar-refractivity contribution in [3.05, 3.63) is 60.2 Å². The van der Waals surface area contributed by atoms with Gasteiger partial charge in [0.25, 0.3) is 0 Å². The fourth-order valence-corrected chi connectivity index (χ4v) is 5.81. The van der Waals surface area contributed by atoms with Gasteiger partial charge in [0, 0.05) is 17.8 Å². The second-order valence-electron chi connectivity index (χ2n) is 10.2. The molecule has 0 radical (unpaired) electrons. The highest BCUT2D eigenvalue weighted by Gasteiger charge is 2.56. The fourth-order valence-electron chi connectivity index (χ4n) is 5.81. The Hall–Kier alpha value is -1.91. The van der Waals surface area contributed by atoms with Gasteiger partial charge in [-0.2, -0.15) is 0 Å². The lowest BCUT2D eigenvalue weighted by molar-refractivity contribution is -0.140. The van der Waals surface area contributed by atoms with E-state index in [1.54, 1.807) is 0 Å². The molecule has 1 aromatic rings. The predicted molar refractivity (Wildman–Crippen MR) is 137 cm³/mol. The van der Waals surface area contributed by atoms with E-state index in [4.69, 9.17) is 9.47 Å². The average molecular weight is 469 g/mol. The molecule has 0 aromatic heterocycles. The molecule has 1 saturated carbocycles. The van der Waals surface area contributed by atoms with Crippen LogP contribution < -0.4 is 0 Å². The minimum Gasteiger partial charge on any atom is -0.469 e. The van der Waals surface area contributed by atoms with Crippen LogP contribution in [0.15, 0.2) is 54.6 Å². The summed E-state index contributed by atoms with van der Waals surface area (Å²) in [5, 5.41) is 10.5. The Kier molecular flexibility index (Phi) is 10.9. The van der Waals surface area contributed by atoms with Gasteiger partial charge in [0.05, 0.1) is 25.9 Å². The Balaban J connectivity index is 1.64. The molecule has 5 unspecified atom stereocenters. The summed E-state index contributed by atoms with van der Waals surface area (Å²) in [6, 6.07) is 10.8. The van der Waals surface area contributed by atoms with Gasteiger partial charge in [0.2, 0.25) is 0 Å². The van der Waals surface area contributed by atoms with Gasteiger partial charge >= 0.3 is 5.97 Å². The molecule has 34 heavy (non-hydrogen) atoms. The number of aliphatic hydroxyl groups excluding tert-OH is 1. The summed E-state index contributed by atoms with van der Waals surface area (Å²) in [6.07, 6.45) is 19.5. The van der Waals surface area contributed by atoms with Crippen LogP contribution in [0.5, 0.6) is 0 Å². The van der Waals surface area contributed by atoms with Crippen LogP contribution >= 0.6 is 0 Å². The molecule has 2 bridgehead atoms. The largest absolute Gasteiger partial charge is 0.469 e. The zero-order valence-electron chi connectivity index (χ0n) is 21.2. The van der Waals surface area contributed by atoms with Gasteiger partial charge in [-0.25, -0.2) is 0 Å². The van der Waals surface area contributed by atoms with Crippen molar-refractivity contribution in [2.45, 2.75) is 89.8 Å². The van der Waals surface area contributed by atoms with E-state index in [2.05, 4.69) is 55.5 Å². The van der Waals surface area contributed by atoms with Crippen molar-refractivity contribution >= 4 is 5.97 Å². The predicted octanol–water partition coefficient (Wildman–Crippen LogP) is 6.43. The Morgan fingerprint density at radius 3 is 2.82 bits per heavy atom. The molecule has 1 aliphatic carbocycles. The van der Waals surface area contributed by atoms with Crippen LogP contribution in [-0.4, -0.2) is 37.0 Å². The van der Waals surface area contributed by atoms with Gasteiger partial charge in [0.1, 0.15) is 0 Å². The Morgan fingerprint density at radius 1 is 1.24 bits per heavy atom. The summed E-state index contributed by atoms with van der Waals surface area (Å²) in [6.45, 7) is 3.03. The molecule has 1 aliphatic heterocycles. The molecular weight excluding hydrogens is 424 g/mol. The monoisotopic (exact) mass is 468 g/mol. The molecule has 4 nitrogen and oxygen atoms in total. The minimum atomic E-state index is -0.361. The van der Waals surface area contributed by atoms with Crippen molar-refractivity contribution in [3.63, 3.8) is 0 Å². The first kappa shape index (κ1) is 26.7. The van der Waals surface area contributed by atoms with Gasteiger partial charge < -0.3 is 14.6 Å². The van der Waals surface area contributed by atoms with E-state index >= 15 is 0 Å². The van der Waals surface area contributed by atoms with E-state index in [1.807, 2.05) is 6.08 Å². The Morgan fingerprint density at radius 2 is 2.06 bits per heavy atom. The molecule has 188 valence electrons. The van der Waals surface area contributed by atoms with Gasteiger partial charge in [-0.05, 0) is 56.4 Å². The summed E-state index contributed by atoms with van der Waals surface area (Å²) >= 11 is 0. The topological polar surface area (TPSA) is 55.8 Å². The number of ether oxygens (including phenoxy) is 2. The lowest BCUT2D eigenvalue weighted by Gasteiger charge is -2.38. The van der Waals surface area contributed by atoms with E-state index in [9.17, 15) is 9.90 Å². The van der Waals surface area contributed by atoms with Crippen molar-refractivity contribution in [1.29, 1.82) is 0 Å². The molecule has 1 heterocycles. The van der Waals surface area contributed by atoms with Crippen LogP contribution in [0.25, 0.3) is 0 Å². The highest BCUT2D eigenvalue weighted by atomic mass is 16.5. The molecule has 5 atom stereocenters. The summed E-state index contributed by atoms with van der Waals surface area (Å²) in [7, 11) is 1.44. The van der Waals surface area contributed by atoms with E-state index in [0.29, 0.717) is 18.3 Å². The number of unbranched alkanes of at least 4 members (excludes halogenated alkanes) is 3. The third kappa shape index (κ3) is 7.55. The number of fused-ring (bicyclic) bond motifs is 2. The number of rotatable bonds is 15. The zero-order valence-corrected chi connectivity index (χ0v) is 21.2. The van der Waals surface area contributed by atoms with Crippen LogP contribution in [0.4, 0.5) is 0 Å². The molecule has 4 heteroatoms. The van der Waals surface area contributed by atoms with Crippen LogP contribution in [0.3, 0.4) is 0 Å². The number of esters is 1.